The van der Waals surface area contributed by atoms with Crippen LogP contribution in [0, 0.1) is 5.92 Å². The number of piperidine rings is 1. The van der Waals surface area contributed by atoms with Crippen molar-refractivity contribution in [1.82, 2.24) is 19.4 Å². The van der Waals surface area contributed by atoms with Gasteiger partial charge in [0.15, 0.2) is 0 Å². The number of likely N-dealkylation sites (tertiary alicyclic amines) is 1. The summed E-state index contributed by atoms with van der Waals surface area (Å²) < 4.78 is 13.6. The molecule has 10 nitrogen and oxygen atoms in total. The average Bonchev–Trinajstić information content (AvgIpc) is 3.72. The quantitative estimate of drug-likeness (QED) is 0.444. The van der Waals surface area contributed by atoms with Crippen LogP contribution in [0.3, 0.4) is 0 Å². The molecule has 1 saturated heterocycles. The van der Waals surface area contributed by atoms with Crippen LogP contribution < -0.4 is 21.5 Å². The number of para-hydroxylation sites is 2. The van der Waals surface area contributed by atoms with Crippen LogP contribution in [0.2, 0.25) is 0 Å². The summed E-state index contributed by atoms with van der Waals surface area (Å²) in [6.45, 7) is 3.06. The fourth-order valence-electron chi connectivity index (χ4n) is 5.33. The van der Waals surface area contributed by atoms with Gasteiger partial charge in [0.25, 0.3) is 0 Å². The molecule has 10 heteroatoms. The van der Waals surface area contributed by atoms with E-state index in [4.69, 9.17) is 15.2 Å². The van der Waals surface area contributed by atoms with Gasteiger partial charge in [0, 0.05) is 25.6 Å². The number of rotatable bonds is 9. The number of hydrogen-bond donors (Lipinski definition) is 2. The monoisotopic (exact) mass is 521 g/mol. The Balaban J connectivity index is 1.13. The molecule has 2 amide bonds. The van der Waals surface area contributed by atoms with E-state index in [-0.39, 0.29) is 17.8 Å². The van der Waals surface area contributed by atoms with Gasteiger partial charge in [0.2, 0.25) is 0 Å². The first kappa shape index (κ1) is 25.8. The molecule has 1 atom stereocenters. The molecule has 2 aliphatic rings. The maximum atomic E-state index is 13.1. The van der Waals surface area contributed by atoms with Crippen LogP contribution in [0.15, 0.2) is 53.3 Å². The standard InChI is InChI=1S/C28H35N5O5/c1-37-22-10-6-20(7-11-22)25(38-26(29)34)14-17-31-15-12-19(13-16-31)18-30-27(35)33-24-5-3-2-4-23(24)32(28(33)36)21-8-9-21/h2-7,10-11,19,21,25H,8-9,12-18H2,1H3,(H2,29,34)(H,30,35). The van der Waals surface area contributed by atoms with Crippen molar-refractivity contribution in [2.24, 2.45) is 11.7 Å². The minimum atomic E-state index is -0.792. The van der Waals surface area contributed by atoms with Crippen molar-refractivity contribution in [3.8, 4) is 5.75 Å². The lowest BCUT2D eigenvalue weighted by Gasteiger charge is -2.32. The predicted octanol–water partition coefficient (Wildman–Crippen LogP) is 3.64. The van der Waals surface area contributed by atoms with Crippen LogP contribution in [0.25, 0.3) is 11.0 Å². The van der Waals surface area contributed by atoms with Gasteiger partial charge in [-0.2, -0.15) is 0 Å². The molecule has 5 rings (SSSR count). The van der Waals surface area contributed by atoms with Crippen molar-refractivity contribution in [3.63, 3.8) is 0 Å². The highest BCUT2D eigenvalue weighted by Gasteiger charge is 2.30. The van der Waals surface area contributed by atoms with Crippen LogP contribution in [0.5, 0.6) is 5.75 Å². The average molecular weight is 522 g/mol. The van der Waals surface area contributed by atoms with Gasteiger partial charge in [-0.05, 0) is 74.5 Å². The Morgan fingerprint density at radius 2 is 1.71 bits per heavy atom. The number of amides is 2. The summed E-state index contributed by atoms with van der Waals surface area (Å²) in [5, 5.41) is 3.00. The number of primary amides is 1. The molecule has 0 spiro atoms. The van der Waals surface area contributed by atoms with E-state index >= 15 is 0 Å². The van der Waals surface area contributed by atoms with Crippen molar-refractivity contribution in [1.29, 1.82) is 0 Å². The van der Waals surface area contributed by atoms with Gasteiger partial charge >= 0.3 is 17.8 Å². The number of hydrogen-bond acceptors (Lipinski definition) is 6. The van der Waals surface area contributed by atoms with Crippen LogP contribution in [0.1, 0.15) is 49.8 Å². The molecule has 1 unspecified atom stereocenters. The van der Waals surface area contributed by atoms with E-state index in [1.807, 2.05) is 48.5 Å². The SMILES string of the molecule is COc1ccc(C(CCN2CCC(CNC(=O)n3c(=O)n(C4CC4)c4ccccc43)CC2)OC(N)=O)cc1. The van der Waals surface area contributed by atoms with E-state index in [1.165, 1.54) is 4.57 Å². The lowest BCUT2D eigenvalue weighted by atomic mass is 9.96. The summed E-state index contributed by atoms with van der Waals surface area (Å²) in [7, 11) is 1.61. The first-order valence-corrected chi connectivity index (χ1v) is 13.3. The summed E-state index contributed by atoms with van der Waals surface area (Å²) >= 11 is 0. The van der Waals surface area contributed by atoms with Crippen LogP contribution in [-0.2, 0) is 4.74 Å². The molecule has 2 heterocycles. The Bertz CT molecular complexity index is 1340. The topological polar surface area (TPSA) is 121 Å². The fourth-order valence-corrected chi connectivity index (χ4v) is 5.33. The highest BCUT2D eigenvalue weighted by Crippen LogP contribution is 2.36. The number of nitrogens with one attached hydrogen (secondary N) is 1. The Morgan fingerprint density at radius 1 is 1.03 bits per heavy atom. The van der Waals surface area contributed by atoms with Crippen molar-refractivity contribution in [2.45, 2.75) is 44.2 Å². The number of benzene rings is 2. The summed E-state index contributed by atoms with van der Waals surface area (Å²) in [5.41, 5.74) is 7.40. The van der Waals surface area contributed by atoms with Gasteiger partial charge in [-0.25, -0.2) is 19.0 Å². The molecule has 1 aromatic heterocycles. The zero-order valence-corrected chi connectivity index (χ0v) is 21.7. The van der Waals surface area contributed by atoms with Gasteiger partial charge < -0.3 is 25.4 Å². The maximum Gasteiger partial charge on any atom is 0.405 e. The number of ether oxygens (including phenoxy) is 2. The Morgan fingerprint density at radius 3 is 2.34 bits per heavy atom. The molecule has 3 aromatic rings. The van der Waals surface area contributed by atoms with Crippen molar-refractivity contribution >= 4 is 23.2 Å². The minimum absolute atomic E-state index is 0.198. The second-order valence-corrected chi connectivity index (χ2v) is 10.2. The number of nitrogens with two attached hydrogens (primary N) is 1. The highest BCUT2D eigenvalue weighted by atomic mass is 16.6. The first-order valence-electron chi connectivity index (χ1n) is 13.3. The number of imidazole rings is 1. The fraction of sp³-hybridized carbons (Fsp3) is 0.464. The third kappa shape index (κ3) is 5.70. The van der Waals surface area contributed by atoms with E-state index in [0.29, 0.717) is 24.4 Å². The largest absolute Gasteiger partial charge is 0.497 e. The second kappa shape index (κ2) is 11.3. The molecule has 202 valence electrons. The third-order valence-corrected chi connectivity index (χ3v) is 7.60. The second-order valence-electron chi connectivity index (χ2n) is 10.2. The number of fused-ring (bicyclic) bond motifs is 1. The summed E-state index contributed by atoms with van der Waals surface area (Å²) in [5.74, 6) is 1.07. The zero-order chi connectivity index (χ0) is 26.6. The number of carbonyl (C=O) groups excluding carboxylic acids is 2. The molecular weight excluding hydrogens is 486 g/mol. The minimum Gasteiger partial charge on any atom is -0.497 e. The lowest BCUT2D eigenvalue weighted by Crippen LogP contribution is -2.42. The molecule has 3 N–H and O–H groups in total. The summed E-state index contributed by atoms with van der Waals surface area (Å²) in [6.07, 6.45) is 3.23. The molecular formula is C28H35N5O5. The van der Waals surface area contributed by atoms with E-state index in [9.17, 15) is 14.4 Å². The van der Waals surface area contributed by atoms with Gasteiger partial charge in [0.1, 0.15) is 11.9 Å². The smallest absolute Gasteiger partial charge is 0.405 e. The zero-order valence-electron chi connectivity index (χ0n) is 21.7. The molecule has 1 saturated carbocycles. The highest BCUT2D eigenvalue weighted by molar-refractivity contribution is 5.89. The number of aromatic nitrogens is 2. The van der Waals surface area contributed by atoms with Crippen molar-refractivity contribution in [2.75, 3.05) is 33.3 Å². The van der Waals surface area contributed by atoms with Crippen LogP contribution >= 0.6 is 0 Å². The van der Waals surface area contributed by atoms with E-state index < -0.39 is 12.2 Å². The lowest BCUT2D eigenvalue weighted by molar-refractivity contribution is 0.0860. The summed E-state index contributed by atoms with van der Waals surface area (Å²) in [4.78, 5) is 39.9. The Kier molecular flexibility index (Phi) is 7.69. The molecule has 2 aromatic carbocycles. The molecule has 0 radical (unpaired) electrons. The molecule has 0 bridgehead atoms. The van der Waals surface area contributed by atoms with E-state index in [0.717, 1.165) is 62.1 Å². The van der Waals surface area contributed by atoms with Gasteiger partial charge in [-0.3, -0.25) is 4.57 Å². The normalized spacial score (nSPS) is 17.3. The number of nitrogens with zero attached hydrogens (tertiary/aromatic N) is 3. The van der Waals surface area contributed by atoms with E-state index in [2.05, 4.69) is 10.2 Å². The molecule has 38 heavy (non-hydrogen) atoms. The van der Waals surface area contributed by atoms with Gasteiger partial charge in [-0.15, -0.1) is 0 Å². The number of methoxy groups -OCH3 is 1. The van der Waals surface area contributed by atoms with Crippen molar-refractivity contribution in [3.05, 3.63) is 64.6 Å². The third-order valence-electron chi connectivity index (χ3n) is 7.60. The van der Waals surface area contributed by atoms with Crippen molar-refractivity contribution < 1.29 is 19.1 Å². The van der Waals surface area contributed by atoms with Gasteiger partial charge in [-0.1, -0.05) is 24.3 Å². The number of carbonyl (C=O) groups is 2. The Hall–Kier alpha value is -3.79. The molecule has 2 fully saturated rings. The Labute approximate surface area is 221 Å². The van der Waals surface area contributed by atoms with Gasteiger partial charge in [0.05, 0.1) is 18.1 Å². The van der Waals surface area contributed by atoms with Crippen LogP contribution in [-0.4, -0.2) is 59.4 Å². The predicted molar refractivity (Wildman–Crippen MR) is 143 cm³/mol. The first-order chi connectivity index (χ1) is 18.4. The van der Waals surface area contributed by atoms with Crippen LogP contribution in [0.4, 0.5) is 9.59 Å². The molecule has 1 aliphatic carbocycles. The summed E-state index contributed by atoms with van der Waals surface area (Å²) in [6, 6.07) is 14.8. The van der Waals surface area contributed by atoms with E-state index in [1.54, 1.807) is 11.7 Å². The molecule has 1 aliphatic heterocycles. The maximum absolute atomic E-state index is 13.1.